The van der Waals surface area contributed by atoms with E-state index in [2.05, 4.69) is 35.2 Å². The molecule has 3 fully saturated rings. The van der Waals surface area contributed by atoms with E-state index in [1.165, 1.54) is 24.8 Å². The van der Waals surface area contributed by atoms with E-state index in [1.807, 2.05) is 13.8 Å². The maximum Gasteiger partial charge on any atom is 0.163 e. The lowest BCUT2D eigenvalue weighted by molar-refractivity contribution is -0.149. The van der Waals surface area contributed by atoms with E-state index in [9.17, 15) is 0 Å². The van der Waals surface area contributed by atoms with Gasteiger partial charge in [0, 0.05) is 18.6 Å². The summed E-state index contributed by atoms with van der Waals surface area (Å²) >= 11 is 0. The Morgan fingerprint density at radius 3 is 2.71 bits per heavy atom. The van der Waals surface area contributed by atoms with Gasteiger partial charge in [-0.25, -0.2) is 0 Å². The van der Waals surface area contributed by atoms with Crippen LogP contribution in [0.4, 0.5) is 0 Å². The summed E-state index contributed by atoms with van der Waals surface area (Å²) in [5.74, 6) is 0.381. The van der Waals surface area contributed by atoms with Gasteiger partial charge >= 0.3 is 0 Å². The van der Waals surface area contributed by atoms with Crippen LogP contribution in [0.25, 0.3) is 0 Å². The largest absolute Gasteiger partial charge is 0.348 e. The third kappa shape index (κ3) is 2.52. The first-order valence-corrected chi connectivity index (χ1v) is 8.24. The van der Waals surface area contributed by atoms with E-state index in [-0.39, 0.29) is 6.10 Å². The van der Waals surface area contributed by atoms with E-state index in [4.69, 9.17) is 9.47 Å². The van der Waals surface area contributed by atoms with Crippen molar-refractivity contribution in [2.75, 3.05) is 6.61 Å². The van der Waals surface area contributed by atoms with Gasteiger partial charge < -0.3 is 9.47 Å². The van der Waals surface area contributed by atoms with Gasteiger partial charge in [-0.05, 0) is 44.6 Å². The molecule has 2 aliphatic heterocycles. The van der Waals surface area contributed by atoms with Crippen LogP contribution in [0.2, 0.25) is 0 Å². The zero-order valence-electron chi connectivity index (χ0n) is 13.0. The Kier molecular flexibility index (Phi) is 3.32. The number of benzene rings is 1. The summed E-state index contributed by atoms with van der Waals surface area (Å²) < 4.78 is 12.0. The summed E-state index contributed by atoms with van der Waals surface area (Å²) in [6.07, 6.45) is 4.29. The van der Waals surface area contributed by atoms with E-state index in [1.54, 1.807) is 0 Å². The maximum absolute atomic E-state index is 6.19. The minimum atomic E-state index is -0.412. The average Bonchev–Trinajstić information content (AvgIpc) is 3.14. The van der Waals surface area contributed by atoms with Crippen molar-refractivity contribution < 1.29 is 9.47 Å². The molecule has 1 aromatic rings. The molecule has 3 heteroatoms. The molecule has 0 N–H and O–H groups in total. The molecule has 1 aromatic carbocycles. The van der Waals surface area contributed by atoms with Crippen molar-refractivity contribution in [2.45, 2.75) is 63.6 Å². The van der Waals surface area contributed by atoms with Crippen molar-refractivity contribution in [1.82, 2.24) is 4.90 Å². The highest BCUT2D eigenvalue weighted by atomic mass is 16.7. The van der Waals surface area contributed by atoms with Crippen molar-refractivity contribution in [2.24, 2.45) is 5.92 Å². The number of fused-ring (bicyclic) bond motifs is 2. The minimum Gasteiger partial charge on any atom is -0.348 e. The van der Waals surface area contributed by atoms with Gasteiger partial charge in [0.1, 0.15) is 6.10 Å². The van der Waals surface area contributed by atoms with Crippen LogP contribution in [0.1, 0.15) is 38.7 Å². The second-order valence-corrected chi connectivity index (χ2v) is 7.24. The molecule has 4 rings (SSSR count). The van der Waals surface area contributed by atoms with Crippen LogP contribution in [0.3, 0.4) is 0 Å². The fraction of sp³-hybridized carbons (Fsp3) is 0.667. The van der Waals surface area contributed by atoms with E-state index < -0.39 is 5.79 Å². The first kappa shape index (κ1) is 13.7. The summed E-state index contributed by atoms with van der Waals surface area (Å²) in [4.78, 5) is 2.69. The van der Waals surface area contributed by atoms with Gasteiger partial charge in [-0.2, -0.15) is 0 Å². The van der Waals surface area contributed by atoms with Crippen LogP contribution >= 0.6 is 0 Å². The average molecular weight is 287 g/mol. The number of ether oxygens (including phenoxy) is 2. The molecule has 0 aromatic heterocycles. The molecule has 0 unspecified atom stereocenters. The summed E-state index contributed by atoms with van der Waals surface area (Å²) in [6, 6.07) is 12.1. The standard InChI is InChI=1S/C18H25NO2/c1-18(2)20-12-16(21-18)17-14-8-9-15(10-14)19(17)11-13-6-4-3-5-7-13/h3-7,14-17H,8-12H2,1-2H3/t14-,15+,16+,17-/m0/s1. The van der Waals surface area contributed by atoms with Gasteiger partial charge in [0.2, 0.25) is 0 Å². The number of hydrogen-bond donors (Lipinski definition) is 0. The molecule has 3 nitrogen and oxygen atoms in total. The maximum atomic E-state index is 6.19. The third-order valence-corrected chi connectivity index (χ3v) is 5.40. The Bertz CT molecular complexity index is 501. The van der Waals surface area contributed by atoms with E-state index >= 15 is 0 Å². The summed E-state index contributed by atoms with van der Waals surface area (Å²) in [6.45, 7) is 5.85. The smallest absolute Gasteiger partial charge is 0.163 e. The fourth-order valence-corrected chi connectivity index (χ4v) is 4.55. The molecular weight excluding hydrogens is 262 g/mol. The van der Waals surface area contributed by atoms with Crippen molar-refractivity contribution in [3.63, 3.8) is 0 Å². The molecule has 4 atom stereocenters. The van der Waals surface area contributed by atoms with Crippen LogP contribution in [-0.2, 0) is 16.0 Å². The number of hydrogen-bond acceptors (Lipinski definition) is 3. The van der Waals surface area contributed by atoms with Crippen molar-refractivity contribution in [3.05, 3.63) is 35.9 Å². The molecule has 0 spiro atoms. The highest BCUT2D eigenvalue weighted by Gasteiger charge is 2.52. The molecule has 1 aliphatic carbocycles. The van der Waals surface area contributed by atoms with E-state index in [0.717, 1.165) is 25.1 Å². The van der Waals surface area contributed by atoms with Crippen LogP contribution in [0.5, 0.6) is 0 Å². The Morgan fingerprint density at radius 2 is 2.00 bits per heavy atom. The summed E-state index contributed by atoms with van der Waals surface area (Å²) in [5, 5.41) is 0. The zero-order valence-corrected chi connectivity index (χ0v) is 13.0. The molecule has 1 saturated carbocycles. The van der Waals surface area contributed by atoms with Crippen molar-refractivity contribution >= 4 is 0 Å². The van der Waals surface area contributed by atoms with Gasteiger partial charge in [-0.3, -0.25) is 4.90 Å². The highest BCUT2D eigenvalue weighted by molar-refractivity contribution is 5.16. The Morgan fingerprint density at radius 1 is 1.19 bits per heavy atom. The topological polar surface area (TPSA) is 21.7 Å². The molecule has 3 aliphatic rings. The first-order chi connectivity index (χ1) is 10.1. The second kappa shape index (κ2) is 5.08. The Labute approximate surface area is 127 Å². The lowest BCUT2D eigenvalue weighted by Crippen LogP contribution is -2.48. The van der Waals surface area contributed by atoms with Gasteiger partial charge in [0.05, 0.1) is 6.61 Å². The lowest BCUT2D eigenvalue weighted by atomic mass is 9.93. The number of rotatable bonds is 3. The lowest BCUT2D eigenvalue weighted by Gasteiger charge is -2.38. The zero-order chi connectivity index (χ0) is 14.4. The van der Waals surface area contributed by atoms with Gasteiger partial charge in [0.25, 0.3) is 0 Å². The molecule has 2 heterocycles. The predicted octanol–water partition coefficient (Wildman–Crippen LogP) is 3.19. The second-order valence-electron chi connectivity index (χ2n) is 7.24. The fourth-order valence-electron chi connectivity index (χ4n) is 4.55. The molecule has 2 saturated heterocycles. The molecule has 21 heavy (non-hydrogen) atoms. The number of piperidine rings is 1. The molecule has 0 amide bonds. The molecule has 2 bridgehead atoms. The minimum absolute atomic E-state index is 0.235. The quantitative estimate of drug-likeness (QED) is 0.852. The first-order valence-electron chi connectivity index (χ1n) is 8.24. The highest BCUT2D eigenvalue weighted by Crippen LogP contribution is 2.46. The number of likely N-dealkylation sites (tertiary alicyclic amines) is 1. The van der Waals surface area contributed by atoms with Gasteiger partial charge in [-0.1, -0.05) is 30.3 Å². The van der Waals surface area contributed by atoms with Crippen LogP contribution in [0, 0.1) is 5.92 Å². The van der Waals surface area contributed by atoms with Gasteiger partial charge in [-0.15, -0.1) is 0 Å². The number of nitrogens with zero attached hydrogens (tertiary/aromatic N) is 1. The van der Waals surface area contributed by atoms with Crippen molar-refractivity contribution in [1.29, 1.82) is 0 Å². The van der Waals surface area contributed by atoms with Crippen LogP contribution in [-0.4, -0.2) is 35.5 Å². The molecule has 114 valence electrons. The van der Waals surface area contributed by atoms with Crippen LogP contribution < -0.4 is 0 Å². The Hall–Kier alpha value is -0.900. The molecule has 0 radical (unpaired) electrons. The van der Waals surface area contributed by atoms with Crippen molar-refractivity contribution in [3.8, 4) is 0 Å². The Balaban J connectivity index is 1.54. The van der Waals surface area contributed by atoms with Crippen LogP contribution in [0.15, 0.2) is 30.3 Å². The SMILES string of the molecule is CC1(C)OC[C@H]([C@@H]2[C@H]3CC[C@H](C3)N2Cc2ccccc2)O1. The van der Waals surface area contributed by atoms with Gasteiger partial charge in [0.15, 0.2) is 5.79 Å². The monoisotopic (exact) mass is 287 g/mol. The van der Waals surface area contributed by atoms with E-state index in [0.29, 0.717) is 6.04 Å². The normalized spacial score (nSPS) is 38.2. The predicted molar refractivity (Wildman–Crippen MR) is 81.8 cm³/mol. The summed E-state index contributed by atoms with van der Waals surface area (Å²) in [7, 11) is 0. The summed E-state index contributed by atoms with van der Waals surface area (Å²) in [5.41, 5.74) is 1.41. The third-order valence-electron chi connectivity index (χ3n) is 5.40. The molecular formula is C18H25NO2.